The van der Waals surface area contributed by atoms with Crippen LogP contribution in [0.15, 0.2) is 53.3 Å². The summed E-state index contributed by atoms with van der Waals surface area (Å²) < 4.78 is 18.2. The maximum Gasteiger partial charge on any atom is 0.228 e. The van der Waals surface area contributed by atoms with Crippen molar-refractivity contribution in [3.8, 4) is 0 Å². The monoisotopic (exact) mass is 270 g/mol. The van der Waals surface area contributed by atoms with E-state index in [2.05, 4.69) is 10.3 Å². The third-order valence-corrected chi connectivity index (χ3v) is 2.87. The molecule has 20 heavy (non-hydrogen) atoms. The van der Waals surface area contributed by atoms with E-state index in [1.54, 1.807) is 24.3 Å². The van der Waals surface area contributed by atoms with Crippen LogP contribution in [0.5, 0.6) is 0 Å². The summed E-state index contributed by atoms with van der Waals surface area (Å²) in [6.07, 6.45) is 1.55. The zero-order chi connectivity index (χ0) is 13.9. The van der Waals surface area contributed by atoms with Gasteiger partial charge in [0.15, 0.2) is 12.0 Å². The molecule has 3 rings (SSSR count). The molecule has 0 aliphatic heterocycles. The van der Waals surface area contributed by atoms with Crippen LogP contribution in [0.2, 0.25) is 0 Å². The van der Waals surface area contributed by atoms with Crippen LogP contribution in [0.1, 0.15) is 5.56 Å². The molecule has 1 amide bonds. The minimum Gasteiger partial charge on any atom is -0.443 e. The quantitative estimate of drug-likeness (QED) is 0.795. The van der Waals surface area contributed by atoms with Gasteiger partial charge in [-0.1, -0.05) is 12.1 Å². The summed E-state index contributed by atoms with van der Waals surface area (Å²) in [4.78, 5) is 15.9. The second-order valence-electron chi connectivity index (χ2n) is 4.39. The largest absolute Gasteiger partial charge is 0.443 e. The zero-order valence-electron chi connectivity index (χ0n) is 10.5. The molecule has 0 unspecified atom stereocenters. The van der Waals surface area contributed by atoms with Crippen molar-refractivity contribution in [2.24, 2.45) is 0 Å². The van der Waals surface area contributed by atoms with Crippen molar-refractivity contribution in [2.45, 2.75) is 6.42 Å². The van der Waals surface area contributed by atoms with Crippen LogP contribution in [0.3, 0.4) is 0 Å². The average molecular weight is 270 g/mol. The van der Waals surface area contributed by atoms with Gasteiger partial charge in [-0.3, -0.25) is 4.79 Å². The topological polar surface area (TPSA) is 55.1 Å². The van der Waals surface area contributed by atoms with Crippen LogP contribution >= 0.6 is 0 Å². The fourth-order valence-electron chi connectivity index (χ4n) is 1.97. The van der Waals surface area contributed by atoms with Gasteiger partial charge < -0.3 is 9.73 Å². The lowest BCUT2D eigenvalue weighted by Crippen LogP contribution is -2.14. The average Bonchev–Trinajstić information content (AvgIpc) is 2.86. The summed E-state index contributed by atoms with van der Waals surface area (Å²) in [5.41, 5.74) is 2.64. The number of fused-ring (bicyclic) bond motifs is 1. The predicted octanol–water partition coefficient (Wildman–Crippen LogP) is 3.15. The van der Waals surface area contributed by atoms with Gasteiger partial charge in [0.05, 0.1) is 6.42 Å². The van der Waals surface area contributed by atoms with E-state index in [-0.39, 0.29) is 18.1 Å². The first-order valence-corrected chi connectivity index (χ1v) is 6.08. The molecule has 2 aromatic carbocycles. The minimum absolute atomic E-state index is 0.188. The molecule has 1 heterocycles. The molecule has 4 nitrogen and oxygen atoms in total. The van der Waals surface area contributed by atoms with Crippen LogP contribution < -0.4 is 5.32 Å². The summed E-state index contributed by atoms with van der Waals surface area (Å²) in [5, 5.41) is 2.65. The molecule has 0 aliphatic carbocycles. The van der Waals surface area contributed by atoms with Gasteiger partial charge in [-0.25, -0.2) is 9.37 Å². The number of nitrogens with zero attached hydrogens (tertiary/aromatic N) is 1. The molecule has 0 spiro atoms. The third-order valence-electron chi connectivity index (χ3n) is 2.87. The summed E-state index contributed by atoms with van der Waals surface area (Å²) in [6, 6.07) is 11.2. The maximum absolute atomic E-state index is 13.0. The predicted molar refractivity (Wildman–Crippen MR) is 72.7 cm³/mol. The van der Waals surface area contributed by atoms with Crippen molar-refractivity contribution in [1.82, 2.24) is 4.98 Å². The minimum atomic E-state index is -0.383. The van der Waals surface area contributed by atoms with Crippen LogP contribution in [-0.4, -0.2) is 10.9 Å². The van der Waals surface area contributed by atoms with E-state index >= 15 is 0 Å². The van der Waals surface area contributed by atoms with E-state index in [4.69, 9.17) is 4.42 Å². The van der Waals surface area contributed by atoms with Gasteiger partial charge in [-0.05, 0) is 35.9 Å². The molecule has 1 aromatic heterocycles. The Balaban J connectivity index is 1.72. The van der Waals surface area contributed by atoms with Crippen molar-refractivity contribution < 1.29 is 13.6 Å². The van der Waals surface area contributed by atoms with Gasteiger partial charge in [0, 0.05) is 5.69 Å². The van der Waals surface area contributed by atoms with Gasteiger partial charge >= 0.3 is 0 Å². The molecule has 0 saturated heterocycles. The van der Waals surface area contributed by atoms with Crippen molar-refractivity contribution in [1.29, 1.82) is 0 Å². The van der Waals surface area contributed by atoms with E-state index in [0.29, 0.717) is 11.3 Å². The smallest absolute Gasteiger partial charge is 0.228 e. The first-order valence-electron chi connectivity index (χ1n) is 6.08. The van der Waals surface area contributed by atoms with E-state index in [1.807, 2.05) is 6.07 Å². The number of rotatable bonds is 3. The Labute approximate surface area is 114 Å². The fraction of sp³-hybridized carbons (Fsp3) is 0.0667. The molecule has 100 valence electrons. The molecular weight excluding hydrogens is 259 g/mol. The van der Waals surface area contributed by atoms with Gasteiger partial charge in [0.2, 0.25) is 5.91 Å². The lowest BCUT2D eigenvalue weighted by Gasteiger charge is -2.05. The summed E-state index contributed by atoms with van der Waals surface area (Å²) >= 11 is 0. The van der Waals surface area contributed by atoms with Gasteiger partial charge in [-0.15, -0.1) is 0 Å². The number of anilines is 1. The summed E-state index contributed by atoms with van der Waals surface area (Å²) in [7, 11) is 0. The summed E-state index contributed by atoms with van der Waals surface area (Å²) in [6.45, 7) is 0. The van der Waals surface area contributed by atoms with Crippen molar-refractivity contribution in [3.05, 3.63) is 60.2 Å². The molecule has 0 fully saturated rings. The number of hydrogen-bond donors (Lipinski definition) is 1. The highest BCUT2D eigenvalue weighted by atomic mass is 19.1. The standard InChI is InChI=1S/C15H11FN2O2/c16-11-2-1-3-12(8-11)18-15(19)7-10-4-5-13-14(6-10)20-9-17-13/h1-6,8-9H,7H2,(H,18,19). The zero-order valence-corrected chi connectivity index (χ0v) is 10.5. The molecule has 0 aliphatic rings. The maximum atomic E-state index is 13.0. The molecular formula is C15H11FN2O2. The number of oxazole rings is 1. The lowest BCUT2D eigenvalue weighted by molar-refractivity contribution is -0.115. The first-order chi connectivity index (χ1) is 9.70. The number of hydrogen-bond acceptors (Lipinski definition) is 3. The second kappa shape index (κ2) is 5.13. The molecule has 0 atom stereocenters. The van der Waals surface area contributed by atoms with E-state index in [1.165, 1.54) is 18.5 Å². The van der Waals surface area contributed by atoms with E-state index in [9.17, 15) is 9.18 Å². The Kier molecular flexibility index (Phi) is 3.16. The highest BCUT2D eigenvalue weighted by Crippen LogP contribution is 2.15. The first kappa shape index (κ1) is 12.3. The Bertz CT molecular complexity index is 767. The molecule has 3 aromatic rings. The van der Waals surface area contributed by atoms with Crippen LogP contribution in [0.25, 0.3) is 11.1 Å². The van der Waals surface area contributed by atoms with E-state index in [0.717, 1.165) is 11.1 Å². The SMILES string of the molecule is O=C(Cc1ccc2ncoc2c1)Nc1cccc(F)c1. The molecule has 0 saturated carbocycles. The Morgan fingerprint density at radius 1 is 1.25 bits per heavy atom. The Morgan fingerprint density at radius 2 is 2.15 bits per heavy atom. The van der Waals surface area contributed by atoms with Crippen LogP contribution in [0.4, 0.5) is 10.1 Å². The number of nitrogens with one attached hydrogen (secondary N) is 1. The van der Waals surface area contributed by atoms with E-state index < -0.39 is 0 Å². The number of benzene rings is 2. The van der Waals surface area contributed by atoms with Gasteiger partial charge in [-0.2, -0.15) is 0 Å². The number of amides is 1. The number of carbonyl (C=O) groups is 1. The highest BCUT2D eigenvalue weighted by molar-refractivity contribution is 5.92. The fourth-order valence-corrected chi connectivity index (χ4v) is 1.97. The van der Waals surface area contributed by atoms with Crippen molar-refractivity contribution in [2.75, 3.05) is 5.32 Å². The van der Waals surface area contributed by atoms with Gasteiger partial charge in [0.1, 0.15) is 11.3 Å². The Morgan fingerprint density at radius 3 is 3.00 bits per heavy atom. The van der Waals surface area contributed by atoms with Gasteiger partial charge in [0.25, 0.3) is 0 Å². The van der Waals surface area contributed by atoms with Crippen LogP contribution in [0, 0.1) is 5.82 Å². The number of aromatic nitrogens is 1. The molecule has 5 heteroatoms. The number of halogens is 1. The second-order valence-corrected chi connectivity index (χ2v) is 4.39. The lowest BCUT2D eigenvalue weighted by atomic mass is 10.1. The molecule has 0 radical (unpaired) electrons. The highest BCUT2D eigenvalue weighted by Gasteiger charge is 2.07. The Hall–Kier alpha value is -2.69. The van der Waals surface area contributed by atoms with Crippen molar-refractivity contribution >= 4 is 22.7 Å². The number of carbonyl (C=O) groups excluding carboxylic acids is 1. The van der Waals surface area contributed by atoms with Crippen LogP contribution in [-0.2, 0) is 11.2 Å². The third kappa shape index (κ3) is 2.66. The summed E-state index contributed by atoms with van der Waals surface area (Å²) in [5.74, 6) is -0.597. The van der Waals surface area contributed by atoms with Crippen molar-refractivity contribution in [3.63, 3.8) is 0 Å². The molecule has 1 N–H and O–H groups in total. The molecule has 0 bridgehead atoms. The normalized spacial score (nSPS) is 10.7.